The van der Waals surface area contributed by atoms with Gasteiger partial charge in [-0.2, -0.15) is 0 Å². The highest BCUT2D eigenvalue weighted by Gasteiger charge is 2.16. The van der Waals surface area contributed by atoms with E-state index in [2.05, 4.69) is 20.6 Å². The Balaban J connectivity index is 1.46. The van der Waals surface area contributed by atoms with Crippen molar-refractivity contribution in [2.75, 3.05) is 16.9 Å². The van der Waals surface area contributed by atoms with E-state index in [0.29, 0.717) is 25.9 Å². The summed E-state index contributed by atoms with van der Waals surface area (Å²) in [4.78, 5) is 33.4. The Labute approximate surface area is 189 Å². The van der Waals surface area contributed by atoms with Crippen molar-refractivity contribution in [2.24, 2.45) is 0 Å². The fraction of sp³-hybridized carbons (Fsp3) is 0.0526. The molecule has 0 bridgehead atoms. The topological polar surface area (TPSA) is 118 Å². The molecule has 31 heavy (non-hydrogen) atoms. The van der Waals surface area contributed by atoms with Crippen molar-refractivity contribution in [3.05, 3.63) is 64.1 Å². The van der Waals surface area contributed by atoms with Gasteiger partial charge in [0.25, 0.3) is 11.8 Å². The second kappa shape index (κ2) is 8.35. The lowest BCUT2D eigenvalue weighted by Gasteiger charge is -2.01. The minimum Gasteiger partial charge on any atom is -0.298 e. The Morgan fingerprint density at radius 2 is 1.68 bits per heavy atom. The molecule has 0 atom stereocenters. The molecule has 0 saturated heterocycles. The number of rotatable bonds is 5. The molecule has 4 aromatic rings. The van der Waals surface area contributed by atoms with Crippen LogP contribution < -0.4 is 10.6 Å². The number of anilines is 2. The number of hydrogen-bond acceptors (Lipinski definition) is 8. The van der Waals surface area contributed by atoms with Gasteiger partial charge < -0.3 is 0 Å². The standard InChI is InChI=1S/C19H13ClN4O4S3/c1-31(27,28)12-6-7-13-15(8-12)30-19(21-13)24-17(26)14-9-29-18(22-14)23-16(25)10-2-4-11(20)5-3-10/h2-9H,1H3,(H,21,24,26)(H,22,23,25). The van der Waals surface area contributed by atoms with E-state index in [1.54, 1.807) is 30.3 Å². The number of halogens is 1. The zero-order valence-corrected chi connectivity index (χ0v) is 19.0. The molecule has 0 aliphatic carbocycles. The monoisotopic (exact) mass is 492 g/mol. The predicted molar refractivity (Wildman–Crippen MR) is 122 cm³/mol. The largest absolute Gasteiger partial charge is 0.298 e. The van der Waals surface area contributed by atoms with Crippen LogP contribution in [0.25, 0.3) is 10.2 Å². The number of amides is 2. The first-order valence-electron chi connectivity index (χ1n) is 8.63. The maximum Gasteiger partial charge on any atom is 0.276 e. The van der Waals surface area contributed by atoms with Gasteiger partial charge in [-0.05, 0) is 42.5 Å². The van der Waals surface area contributed by atoms with Crippen LogP contribution in [-0.2, 0) is 9.84 Å². The quantitative estimate of drug-likeness (QED) is 0.428. The normalized spacial score (nSPS) is 11.4. The van der Waals surface area contributed by atoms with Crippen molar-refractivity contribution in [2.45, 2.75) is 4.90 Å². The van der Waals surface area contributed by atoms with E-state index in [4.69, 9.17) is 11.6 Å². The van der Waals surface area contributed by atoms with Crippen molar-refractivity contribution in [3.8, 4) is 0 Å². The summed E-state index contributed by atoms with van der Waals surface area (Å²) < 4.78 is 24.0. The molecule has 4 rings (SSSR count). The van der Waals surface area contributed by atoms with Gasteiger partial charge in [0.15, 0.2) is 20.1 Å². The molecule has 2 heterocycles. The third kappa shape index (κ3) is 4.90. The average molecular weight is 493 g/mol. The van der Waals surface area contributed by atoms with E-state index in [9.17, 15) is 18.0 Å². The van der Waals surface area contributed by atoms with Crippen LogP contribution in [0.4, 0.5) is 10.3 Å². The molecule has 0 unspecified atom stereocenters. The van der Waals surface area contributed by atoms with Crippen molar-refractivity contribution < 1.29 is 18.0 Å². The molecular weight excluding hydrogens is 480 g/mol. The number of nitrogens with one attached hydrogen (secondary N) is 2. The van der Waals surface area contributed by atoms with Gasteiger partial charge in [-0.3, -0.25) is 20.2 Å². The van der Waals surface area contributed by atoms with E-state index in [-0.39, 0.29) is 21.6 Å². The summed E-state index contributed by atoms with van der Waals surface area (Å²) >= 11 is 8.08. The Bertz CT molecular complexity index is 1410. The Hall–Kier alpha value is -2.86. The molecule has 0 fully saturated rings. The van der Waals surface area contributed by atoms with Crippen LogP contribution in [0.5, 0.6) is 0 Å². The van der Waals surface area contributed by atoms with Crippen molar-refractivity contribution in [3.63, 3.8) is 0 Å². The highest BCUT2D eigenvalue weighted by molar-refractivity contribution is 7.90. The van der Waals surface area contributed by atoms with Crippen molar-refractivity contribution in [1.82, 2.24) is 9.97 Å². The molecule has 8 nitrogen and oxygen atoms in total. The molecule has 0 saturated carbocycles. The molecule has 0 spiro atoms. The van der Waals surface area contributed by atoms with Gasteiger partial charge in [0.05, 0.1) is 15.1 Å². The Kier molecular flexibility index (Phi) is 5.75. The number of carbonyl (C=O) groups is 2. The molecule has 0 radical (unpaired) electrons. The number of nitrogens with zero attached hydrogens (tertiary/aromatic N) is 2. The van der Waals surface area contributed by atoms with Crippen LogP contribution >= 0.6 is 34.3 Å². The molecule has 0 aliphatic heterocycles. The van der Waals surface area contributed by atoms with Gasteiger partial charge in [-0.25, -0.2) is 18.4 Å². The van der Waals surface area contributed by atoms with Crippen LogP contribution in [-0.4, -0.2) is 36.5 Å². The number of thiazole rings is 2. The first kappa shape index (κ1) is 21.4. The highest BCUT2D eigenvalue weighted by Crippen LogP contribution is 2.28. The predicted octanol–water partition coefficient (Wildman–Crippen LogP) is 4.31. The first-order chi connectivity index (χ1) is 14.7. The summed E-state index contributed by atoms with van der Waals surface area (Å²) in [5, 5.41) is 7.90. The van der Waals surface area contributed by atoms with Crippen LogP contribution in [0.1, 0.15) is 20.8 Å². The third-order valence-electron chi connectivity index (χ3n) is 4.07. The zero-order valence-electron chi connectivity index (χ0n) is 15.7. The number of benzene rings is 2. The van der Waals surface area contributed by atoms with Gasteiger partial charge in [0.2, 0.25) is 0 Å². The average Bonchev–Trinajstić information content (AvgIpc) is 3.33. The van der Waals surface area contributed by atoms with Crippen LogP contribution in [0, 0.1) is 0 Å². The summed E-state index contributed by atoms with van der Waals surface area (Å²) in [7, 11) is -3.34. The number of aromatic nitrogens is 2. The minimum atomic E-state index is -3.34. The lowest BCUT2D eigenvalue weighted by atomic mass is 10.2. The second-order valence-electron chi connectivity index (χ2n) is 6.37. The lowest BCUT2D eigenvalue weighted by molar-refractivity contribution is 0.101. The Morgan fingerprint density at radius 1 is 0.968 bits per heavy atom. The first-order valence-corrected chi connectivity index (χ1v) is 12.6. The fourth-order valence-corrected chi connectivity index (χ4v) is 4.99. The minimum absolute atomic E-state index is 0.118. The second-order valence-corrected chi connectivity index (χ2v) is 10.7. The maximum absolute atomic E-state index is 12.5. The summed E-state index contributed by atoms with van der Waals surface area (Å²) in [6, 6.07) is 11.0. The number of sulfone groups is 1. The van der Waals surface area contributed by atoms with Gasteiger partial charge in [0.1, 0.15) is 5.69 Å². The Morgan fingerprint density at radius 3 is 2.39 bits per heavy atom. The molecule has 12 heteroatoms. The molecular formula is C19H13ClN4O4S3. The van der Waals surface area contributed by atoms with E-state index in [1.807, 2.05) is 0 Å². The zero-order chi connectivity index (χ0) is 22.2. The van der Waals surface area contributed by atoms with Gasteiger partial charge in [-0.15, -0.1) is 11.3 Å². The highest BCUT2D eigenvalue weighted by atomic mass is 35.5. The molecule has 2 N–H and O–H groups in total. The summed E-state index contributed by atoms with van der Waals surface area (Å²) in [5.74, 6) is -0.864. The van der Waals surface area contributed by atoms with Crippen LogP contribution in [0.15, 0.2) is 52.7 Å². The van der Waals surface area contributed by atoms with Gasteiger partial charge >= 0.3 is 0 Å². The number of carbonyl (C=O) groups excluding carboxylic acids is 2. The van der Waals surface area contributed by atoms with Crippen molar-refractivity contribution >= 4 is 76.4 Å². The summed E-state index contributed by atoms with van der Waals surface area (Å²) in [6.45, 7) is 0. The number of fused-ring (bicyclic) bond motifs is 1. The van der Waals surface area contributed by atoms with E-state index in [0.717, 1.165) is 28.9 Å². The maximum atomic E-state index is 12.5. The molecule has 0 aliphatic rings. The van der Waals surface area contributed by atoms with E-state index in [1.165, 1.54) is 17.5 Å². The van der Waals surface area contributed by atoms with Crippen LogP contribution in [0.2, 0.25) is 5.02 Å². The van der Waals surface area contributed by atoms with E-state index >= 15 is 0 Å². The van der Waals surface area contributed by atoms with Crippen LogP contribution in [0.3, 0.4) is 0 Å². The fourth-order valence-electron chi connectivity index (χ4n) is 2.56. The van der Waals surface area contributed by atoms with Crippen molar-refractivity contribution in [1.29, 1.82) is 0 Å². The molecule has 158 valence electrons. The molecule has 2 aromatic carbocycles. The number of hydrogen-bond donors (Lipinski definition) is 2. The van der Waals surface area contributed by atoms with Gasteiger partial charge in [0, 0.05) is 22.2 Å². The molecule has 2 amide bonds. The molecule has 2 aromatic heterocycles. The third-order valence-corrected chi connectivity index (χ3v) is 7.13. The lowest BCUT2D eigenvalue weighted by Crippen LogP contribution is -2.14. The SMILES string of the molecule is CS(=O)(=O)c1ccc2nc(NC(=O)c3csc(NC(=O)c4ccc(Cl)cc4)n3)sc2c1. The van der Waals surface area contributed by atoms with E-state index < -0.39 is 15.7 Å². The van der Waals surface area contributed by atoms with Gasteiger partial charge in [-0.1, -0.05) is 22.9 Å². The smallest absolute Gasteiger partial charge is 0.276 e. The summed E-state index contributed by atoms with van der Waals surface area (Å²) in [6.07, 6.45) is 1.13. The summed E-state index contributed by atoms with van der Waals surface area (Å²) in [5.41, 5.74) is 1.10.